The quantitative estimate of drug-likeness (QED) is 0.757. The molecule has 5 rings (SSSR count). The van der Waals surface area contributed by atoms with Crippen molar-refractivity contribution in [2.75, 3.05) is 34.8 Å². The van der Waals surface area contributed by atoms with Gasteiger partial charge in [-0.2, -0.15) is 0 Å². The molecule has 1 aliphatic carbocycles. The molecule has 1 atom stereocenters. The Hall–Kier alpha value is -2.60. The molecule has 1 aromatic heterocycles. The van der Waals surface area contributed by atoms with Crippen LogP contribution in [0, 0.1) is 5.92 Å². The third-order valence-corrected chi connectivity index (χ3v) is 7.07. The van der Waals surface area contributed by atoms with Crippen LogP contribution in [0.25, 0.3) is 0 Å². The topological polar surface area (TPSA) is 68.7 Å². The first-order valence-corrected chi connectivity index (χ1v) is 11.7. The van der Waals surface area contributed by atoms with E-state index in [-0.39, 0.29) is 12.5 Å². The van der Waals surface area contributed by atoms with Gasteiger partial charge in [-0.25, -0.2) is 4.98 Å². The average molecular weight is 421 g/mol. The Morgan fingerprint density at radius 3 is 2.65 bits per heavy atom. The van der Waals surface area contributed by atoms with E-state index in [2.05, 4.69) is 50.4 Å². The second-order valence-electron chi connectivity index (χ2n) is 9.21. The standard InChI is InChI=1S/C25H32N4O2/c30-17-18-4-3-13-28(16-18)21-10-8-20(9-11-21)27-24-14-23-19(15-26-24)7-12-25(31)29(23)22-5-1-2-6-22/h8-11,14-15,18,22,30H,1-7,12-13,16-17H2,(H,26,27). The molecule has 164 valence electrons. The molecule has 0 radical (unpaired) electrons. The van der Waals surface area contributed by atoms with Gasteiger partial charge >= 0.3 is 0 Å². The van der Waals surface area contributed by atoms with Crippen molar-refractivity contribution >= 4 is 28.8 Å². The highest BCUT2D eigenvalue weighted by molar-refractivity contribution is 5.97. The summed E-state index contributed by atoms with van der Waals surface area (Å²) in [4.78, 5) is 21.7. The van der Waals surface area contributed by atoms with Gasteiger partial charge in [0.2, 0.25) is 5.91 Å². The normalized spacial score (nSPS) is 22.0. The number of aryl methyl sites for hydroxylation is 1. The fourth-order valence-corrected chi connectivity index (χ4v) is 5.37. The van der Waals surface area contributed by atoms with Crippen LogP contribution in [0.3, 0.4) is 0 Å². The molecule has 2 fully saturated rings. The number of carbonyl (C=O) groups is 1. The Balaban J connectivity index is 1.32. The molecule has 6 heteroatoms. The van der Waals surface area contributed by atoms with Gasteiger partial charge in [0.05, 0.1) is 5.69 Å². The van der Waals surface area contributed by atoms with Gasteiger partial charge in [0.15, 0.2) is 0 Å². The maximum Gasteiger partial charge on any atom is 0.227 e. The summed E-state index contributed by atoms with van der Waals surface area (Å²) in [7, 11) is 0. The SMILES string of the molecule is O=C1CCc2cnc(Nc3ccc(N4CCCC(CO)C4)cc3)cc2N1C1CCCC1. The van der Waals surface area contributed by atoms with Gasteiger partial charge in [0, 0.05) is 55.8 Å². The molecule has 2 N–H and O–H groups in total. The highest BCUT2D eigenvalue weighted by Crippen LogP contribution is 2.36. The van der Waals surface area contributed by atoms with Crippen LogP contribution >= 0.6 is 0 Å². The van der Waals surface area contributed by atoms with E-state index in [4.69, 9.17) is 0 Å². The molecule has 1 aromatic carbocycles. The second-order valence-corrected chi connectivity index (χ2v) is 9.21. The number of fused-ring (bicyclic) bond motifs is 1. The zero-order chi connectivity index (χ0) is 21.2. The van der Waals surface area contributed by atoms with E-state index < -0.39 is 0 Å². The maximum atomic E-state index is 12.7. The minimum absolute atomic E-state index is 0.253. The fourth-order valence-electron chi connectivity index (χ4n) is 5.37. The van der Waals surface area contributed by atoms with E-state index >= 15 is 0 Å². The van der Waals surface area contributed by atoms with Crippen LogP contribution in [0.5, 0.6) is 0 Å². The molecule has 2 aromatic rings. The van der Waals surface area contributed by atoms with Crippen LogP contribution in [0.1, 0.15) is 50.5 Å². The van der Waals surface area contributed by atoms with Crippen molar-refractivity contribution in [3.63, 3.8) is 0 Å². The number of aliphatic hydroxyl groups excluding tert-OH is 1. The van der Waals surface area contributed by atoms with E-state index in [0.717, 1.165) is 62.4 Å². The van der Waals surface area contributed by atoms with Crippen LogP contribution in [0.15, 0.2) is 36.5 Å². The Labute approximate surface area is 184 Å². The average Bonchev–Trinajstić information content (AvgIpc) is 3.34. The number of hydrogen-bond donors (Lipinski definition) is 2. The van der Waals surface area contributed by atoms with Gasteiger partial charge < -0.3 is 20.2 Å². The molecule has 1 saturated carbocycles. The van der Waals surface area contributed by atoms with Gasteiger partial charge in [-0.15, -0.1) is 0 Å². The number of aliphatic hydroxyl groups is 1. The molecule has 3 heterocycles. The molecule has 1 unspecified atom stereocenters. The van der Waals surface area contributed by atoms with Crippen LogP contribution in [-0.2, 0) is 11.2 Å². The molecule has 31 heavy (non-hydrogen) atoms. The smallest absolute Gasteiger partial charge is 0.227 e. The van der Waals surface area contributed by atoms with Gasteiger partial charge in [-0.3, -0.25) is 4.79 Å². The lowest BCUT2D eigenvalue weighted by molar-refractivity contribution is -0.119. The van der Waals surface area contributed by atoms with Gasteiger partial charge in [-0.1, -0.05) is 12.8 Å². The second kappa shape index (κ2) is 8.87. The van der Waals surface area contributed by atoms with Crippen molar-refractivity contribution in [3.8, 4) is 0 Å². The van der Waals surface area contributed by atoms with Crippen molar-refractivity contribution in [1.82, 2.24) is 4.98 Å². The molecule has 2 aliphatic heterocycles. The maximum absolute atomic E-state index is 12.7. The number of nitrogens with one attached hydrogen (secondary N) is 1. The number of hydrogen-bond acceptors (Lipinski definition) is 5. The molecule has 3 aliphatic rings. The molecule has 6 nitrogen and oxygen atoms in total. The number of piperidine rings is 1. The van der Waals surface area contributed by atoms with Gasteiger partial charge in [0.25, 0.3) is 0 Å². The first kappa shape index (κ1) is 20.3. The molecule has 0 spiro atoms. The van der Waals surface area contributed by atoms with E-state index in [1.54, 1.807) is 0 Å². The number of carbonyl (C=O) groups excluding carboxylic acids is 1. The number of anilines is 4. The Morgan fingerprint density at radius 1 is 1.06 bits per heavy atom. The minimum Gasteiger partial charge on any atom is -0.396 e. The summed E-state index contributed by atoms with van der Waals surface area (Å²) in [5, 5.41) is 12.9. The minimum atomic E-state index is 0.253. The largest absolute Gasteiger partial charge is 0.396 e. The van der Waals surface area contributed by atoms with E-state index in [1.807, 2.05) is 6.20 Å². The number of benzene rings is 1. The monoisotopic (exact) mass is 420 g/mol. The predicted molar refractivity (Wildman–Crippen MR) is 124 cm³/mol. The van der Waals surface area contributed by atoms with Crippen LogP contribution in [-0.4, -0.2) is 41.7 Å². The molecule has 1 saturated heterocycles. The van der Waals surface area contributed by atoms with Crippen LogP contribution in [0.4, 0.5) is 22.9 Å². The number of pyridine rings is 1. The summed E-state index contributed by atoms with van der Waals surface area (Å²) < 4.78 is 0. The van der Waals surface area contributed by atoms with Crippen molar-refractivity contribution in [1.29, 1.82) is 0 Å². The Bertz CT molecular complexity index is 924. The van der Waals surface area contributed by atoms with Crippen molar-refractivity contribution in [2.45, 2.75) is 57.4 Å². The number of amides is 1. The summed E-state index contributed by atoms with van der Waals surface area (Å²) in [5.74, 6) is 1.41. The summed E-state index contributed by atoms with van der Waals surface area (Å²) >= 11 is 0. The lowest BCUT2D eigenvalue weighted by atomic mass is 9.98. The fraction of sp³-hybridized carbons (Fsp3) is 0.520. The van der Waals surface area contributed by atoms with Gasteiger partial charge in [0.1, 0.15) is 5.82 Å². The number of nitrogens with zero attached hydrogens (tertiary/aromatic N) is 3. The summed E-state index contributed by atoms with van der Waals surface area (Å²) in [5.41, 5.74) is 4.40. The summed E-state index contributed by atoms with van der Waals surface area (Å²) in [6.45, 7) is 2.22. The number of rotatable bonds is 5. The van der Waals surface area contributed by atoms with E-state index in [9.17, 15) is 9.90 Å². The summed E-state index contributed by atoms with van der Waals surface area (Å²) in [6.07, 6.45) is 10.2. The third-order valence-electron chi connectivity index (χ3n) is 7.07. The molecule has 0 bridgehead atoms. The van der Waals surface area contributed by atoms with Crippen molar-refractivity contribution in [3.05, 3.63) is 42.1 Å². The number of aromatic nitrogens is 1. The molecular weight excluding hydrogens is 388 g/mol. The molecular formula is C25H32N4O2. The third kappa shape index (κ3) is 4.26. The zero-order valence-electron chi connectivity index (χ0n) is 18.1. The Kier molecular flexibility index (Phi) is 5.81. The Morgan fingerprint density at radius 2 is 1.87 bits per heavy atom. The van der Waals surface area contributed by atoms with E-state index in [1.165, 1.54) is 24.1 Å². The predicted octanol–water partition coefficient (Wildman–Crippen LogP) is 4.26. The van der Waals surface area contributed by atoms with Crippen molar-refractivity contribution in [2.24, 2.45) is 5.92 Å². The van der Waals surface area contributed by atoms with Crippen LogP contribution < -0.4 is 15.1 Å². The van der Waals surface area contributed by atoms with Crippen molar-refractivity contribution < 1.29 is 9.90 Å². The van der Waals surface area contributed by atoms with Gasteiger partial charge in [-0.05, 0) is 67.9 Å². The highest BCUT2D eigenvalue weighted by Gasteiger charge is 2.32. The lowest BCUT2D eigenvalue weighted by Gasteiger charge is -2.34. The first-order chi connectivity index (χ1) is 15.2. The lowest BCUT2D eigenvalue weighted by Crippen LogP contribution is -2.42. The zero-order valence-corrected chi connectivity index (χ0v) is 18.1. The van der Waals surface area contributed by atoms with E-state index in [0.29, 0.717) is 18.4 Å². The summed E-state index contributed by atoms with van der Waals surface area (Å²) in [6, 6.07) is 10.8. The highest BCUT2D eigenvalue weighted by atomic mass is 16.3. The van der Waals surface area contributed by atoms with Crippen LogP contribution in [0.2, 0.25) is 0 Å². The molecule has 1 amide bonds. The first-order valence-electron chi connectivity index (χ1n) is 11.7.